The van der Waals surface area contributed by atoms with E-state index in [1.54, 1.807) is 30.3 Å². The Kier molecular flexibility index (Phi) is 5.20. The molecule has 0 fully saturated rings. The van der Waals surface area contributed by atoms with Crippen LogP contribution in [0.15, 0.2) is 39.2 Å². The second kappa shape index (κ2) is 7.28. The quantitative estimate of drug-likeness (QED) is 0.648. The van der Waals surface area contributed by atoms with Crippen molar-refractivity contribution in [2.45, 2.75) is 31.4 Å². The minimum atomic E-state index is -3.75. The number of fused-ring (bicyclic) bond motifs is 1. The Labute approximate surface area is 161 Å². The summed E-state index contributed by atoms with van der Waals surface area (Å²) in [6, 6.07) is 8.25. The summed E-state index contributed by atoms with van der Waals surface area (Å²) in [5.41, 5.74) is 0.672. The predicted octanol–water partition coefficient (Wildman–Crippen LogP) is 2.79. The number of rotatable bonds is 6. The number of nitrogens with one attached hydrogen (secondary N) is 2. The van der Waals surface area contributed by atoms with Gasteiger partial charge in [-0.25, -0.2) is 13.0 Å². The first-order valence-corrected chi connectivity index (χ1v) is 10.6. The van der Waals surface area contributed by atoms with Crippen LogP contribution in [-0.2, 0) is 21.2 Å². The van der Waals surface area contributed by atoms with Crippen LogP contribution in [0.3, 0.4) is 0 Å². The van der Waals surface area contributed by atoms with Crippen LogP contribution in [-0.4, -0.2) is 31.2 Å². The Bertz CT molecular complexity index is 1060. The van der Waals surface area contributed by atoms with Gasteiger partial charge in [0.05, 0.1) is 5.69 Å². The average molecular weight is 409 g/mol. The van der Waals surface area contributed by atoms with Crippen LogP contribution in [0, 0.1) is 5.41 Å². The molecule has 3 rings (SSSR count). The summed E-state index contributed by atoms with van der Waals surface area (Å²) in [5.74, 6) is -0.0390. The van der Waals surface area contributed by atoms with Gasteiger partial charge < -0.3 is 5.32 Å². The molecular weight excluding hydrogens is 388 g/mol. The van der Waals surface area contributed by atoms with Gasteiger partial charge in [0.15, 0.2) is 5.52 Å². The van der Waals surface area contributed by atoms with Gasteiger partial charge in [-0.15, -0.1) is 11.3 Å². The van der Waals surface area contributed by atoms with Crippen molar-refractivity contribution in [3.05, 3.63) is 35.2 Å². The molecule has 8 nitrogen and oxygen atoms in total. The van der Waals surface area contributed by atoms with E-state index in [0.717, 1.165) is 16.2 Å². The summed E-state index contributed by atoms with van der Waals surface area (Å²) in [6.45, 7) is 5.98. The highest BCUT2D eigenvalue weighted by molar-refractivity contribution is 7.94. The van der Waals surface area contributed by atoms with E-state index in [0.29, 0.717) is 29.7 Å². The van der Waals surface area contributed by atoms with E-state index in [9.17, 15) is 13.2 Å². The zero-order valence-electron chi connectivity index (χ0n) is 15.1. The summed E-state index contributed by atoms with van der Waals surface area (Å²) in [4.78, 5) is 12.7. The van der Waals surface area contributed by atoms with Crippen molar-refractivity contribution in [3.8, 4) is 0 Å². The van der Waals surface area contributed by atoms with Gasteiger partial charge in [0.1, 0.15) is 9.73 Å². The van der Waals surface area contributed by atoms with Crippen LogP contribution in [0.25, 0.3) is 11.0 Å². The number of aromatic nitrogens is 2. The van der Waals surface area contributed by atoms with Crippen LogP contribution in [0.5, 0.6) is 0 Å². The number of carbonyl (C=O) groups is 1. The first kappa shape index (κ1) is 19.3. The van der Waals surface area contributed by atoms with E-state index in [-0.39, 0.29) is 10.1 Å². The number of nitrogens with zero attached hydrogens (tertiary/aromatic N) is 2. The molecule has 1 amide bonds. The Morgan fingerprint density at radius 3 is 2.70 bits per heavy atom. The molecular formula is C17H20N4O4S2. The van der Waals surface area contributed by atoms with Crippen molar-refractivity contribution in [1.82, 2.24) is 15.6 Å². The third kappa shape index (κ3) is 4.45. The van der Waals surface area contributed by atoms with Crippen LogP contribution >= 0.6 is 11.3 Å². The lowest BCUT2D eigenvalue weighted by atomic mass is 9.96. The molecule has 0 saturated heterocycles. The predicted molar refractivity (Wildman–Crippen MR) is 103 cm³/mol. The molecule has 144 valence electrons. The van der Waals surface area contributed by atoms with Gasteiger partial charge in [0.2, 0.25) is 5.91 Å². The van der Waals surface area contributed by atoms with E-state index in [4.69, 9.17) is 0 Å². The lowest BCUT2D eigenvalue weighted by Gasteiger charge is -2.17. The number of thiophene rings is 1. The molecule has 2 aromatic heterocycles. The molecule has 0 spiro atoms. The van der Waals surface area contributed by atoms with Crippen molar-refractivity contribution in [3.63, 3.8) is 0 Å². The number of sulfonamides is 1. The minimum absolute atomic E-state index is 0.0390. The number of hydrogen-bond acceptors (Lipinski definition) is 7. The topological polar surface area (TPSA) is 114 Å². The molecule has 1 aromatic carbocycles. The molecule has 0 aliphatic rings. The number of benzene rings is 1. The maximum absolute atomic E-state index is 12.6. The van der Waals surface area contributed by atoms with Gasteiger partial charge >= 0.3 is 0 Å². The fourth-order valence-electron chi connectivity index (χ4n) is 2.28. The Hall–Kier alpha value is -2.46. The summed E-state index contributed by atoms with van der Waals surface area (Å²) < 4.78 is 32.6. The average Bonchev–Trinajstić information content (AvgIpc) is 3.23. The summed E-state index contributed by atoms with van der Waals surface area (Å²) in [7, 11) is -3.75. The Morgan fingerprint density at radius 1 is 1.19 bits per heavy atom. The highest BCUT2D eigenvalue weighted by Gasteiger charge is 2.21. The highest BCUT2D eigenvalue weighted by atomic mass is 32.2. The van der Waals surface area contributed by atoms with Crippen molar-refractivity contribution in [1.29, 1.82) is 0 Å². The van der Waals surface area contributed by atoms with Crippen molar-refractivity contribution < 1.29 is 17.8 Å². The highest BCUT2D eigenvalue weighted by Crippen LogP contribution is 2.27. The van der Waals surface area contributed by atoms with Gasteiger partial charge in [-0.2, -0.15) is 0 Å². The zero-order valence-corrected chi connectivity index (χ0v) is 16.8. The van der Waals surface area contributed by atoms with Crippen molar-refractivity contribution >= 4 is 44.0 Å². The lowest BCUT2D eigenvalue weighted by Crippen LogP contribution is -2.35. The summed E-state index contributed by atoms with van der Waals surface area (Å²) in [5, 5.41) is 10.3. The fourth-order valence-corrected chi connectivity index (χ4v) is 4.71. The van der Waals surface area contributed by atoms with Crippen LogP contribution in [0.1, 0.15) is 25.6 Å². The largest absolute Gasteiger partial charge is 0.355 e. The van der Waals surface area contributed by atoms with Gasteiger partial charge in [-0.1, -0.05) is 26.8 Å². The number of carbonyl (C=O) groups excluding carboxylic acids is 1. The summed E-state index contributed by atoms with van der Waals surface area (Å²) in [6.07, 6.45) is 0.560. The second-order valence-corrected chi connectivity index (χ2v) is 10.1. The summed E-state index contributed by atoms with van der Waals surface area (Å²) >= 11 is 1.16. The third-order valence-corrected chi connectivity index (χ3v) is 6.77. The molecule has 10 heteroatoms. The third-order valence-electron chi connectivity index (χ3n) is 3.77. The van der Waals surface area contributed by atoms with Crippen LogP contribution < -0.4 is 10.0 Å². The second-order valence-electron chi connectivity index (χ2n) is 7.02. The van der Waals surface area contributed by atoms with Crippen LogP contribution in [0.4, 0.5) is 5.69 Å². The normalized spacial score (nSPS) is 12.3. The molecule has 0 aliphatic heterocycles. The van der Waals surface area contributed by atoms with Gasteiger partial charge in [-0.05, 0) is 41.0 Å². The maximum Gasteiger partial charge on any atom is 0.271 e. The Balaban J connectivity index is 1.68. The zero-order chi connectivity index (χ0) is 19.7. The van der Waals surface area contributed by atoms with E-state index < -0.39 is 15.4 Å². The van der Waals surface area contributed by atoms with E-state index in [1.807, 2.05) is 20.8 Å². The standard InChI is InChI=1S/C17H20N4O4S2/c1-17(2,3)16(22)18-10-9-11-7-8-14(26-11)27(23,24)21-13-6-4-5-12-15(13)20-25-19-12/h4-8,21H,9-10H2,1-3H3,(H,18,22). The SMILES string of the molecule is CC(C)(C)C(=O)NCCc1ccc(S(=O)(=O)Nc2cccc3nonc23)s1. The van der Waals surface area contributed by atoms with Gasteiger partial charge in [-0.3, -0.25) is 9.52 Å². The van der Waals surface area contributed by atoms with Crippen LogP contribution in [0.2, 0.25) is 0 Å². The number of hydrogen-bond donors (Lipinski definition) is 2. The molecule has 27 heavy (non-hydrogen) atoms. The monoisotopic (exact) mass is 408 g/mol. The van der Waals surface area contributed by atoms with E-state index >= 15 is 0 Å². The molecule has 2 heterocycles. The molecule has 0 radical (unpaired) electrons. The van der Waals surface area contributed by atoms with E-state index in [1.165, 1.54) is 0 Å². The molecule has 0 aliphatic carbocycles. The minimum Gasteiger partial charge on any atom is -0.355 e. The molecule has 2 N–H and O–H groups in total. The van der Waals surface area contributed by atoms with E-state index in [2.05, 4.69) is 25.0 Å². The smallest absolute Gasteiger partial charge is 0.271 e. The van der Waals surface area contributed by atoms with Gasteiger partial charge in [0.25, 0.3) is 10.0 Å². The Morgan fingerprint density at radius 2 is 1.96 bits per heavy atom. The molecule has 0 saturated carbocycles. The molecule has 0 unspecified atom stereocenters. The molecule has 0 bridgehead atoms. The first-order valence-electron chi connectivity index (χ1n) is 8.28. The molecule has 0 atom stereocenters. The molecule has 3 aromatic rings. The lowest BCUT2D eigenvalue weighted by molar-refractivity contribution is -0.128. The number of amides is 1. The first-order chi connectivity index (χ1) is 12.7. The van der Waals surface area contributed by atoms with Crippen molar-refractivity contribution in [2.24, 2.45) is 5.41 Å². The van der Waals surface area contributed by atoms with Gasteiger partial charge in [0, 0.05) is 16.8 Å². The fraction of sp³-hybridized carbons (Fsp3) is 0.353. The number of anilines is 1. The maximum atomic E-state index is 12.6. The van der Waals surface area contributed by atoms with Crippen molar-refractivity contribution in [2.75, 3.05) is 11.3 Å².